The van der Waals surface area contributed by atoms with Crippen LogP contribution in [0.1, 0.15) is 45.4 Å². The molecule has 153 valence electrons. The van der Waals surface area contributed by atoms with Crippen molar-refractivity contribution in [2.45, 2.75) is 32.7 Å². The maximum atomic E-state index is 14.0. The Labute approximate surface area is 168 Å². The summed E-state index contributed by atoms with van der Waals surface area (Å²) in [6.45, 7) is 6.35. The number of aromatic amines is 1. The van der Waals surface area contributed by atoms with Gasteiger partial charge in [-0.1, -0.05) is 6.07 Å². The zero-order valence-electron chi connectivity index (χ0n) is 16.1. The number of halogens is 2. The second kappa shape index (κ2) is 7.87. The number of nitrogens with zero attached hydrogens (tertiary/aromatic N) is 1. The van der Waals surface area contributed by atoms with Gasteiger partial charge in [0.2, 0.25) is 5.91 Å². The van der Waals surface area contributed by atoms with Crippen molar-refractivity contribution in [3.8, 4) is 6.07 Å². The van der Waals surface area contributed by atoms with Crippen molar-refractivity contribution in [2.24, 2.45) is 0 Å². The summed E-state index contributed by atoms with van der Waals surface area (Å²) in [4.78, 5) is 28.1. The number of carbonyl (C=O) groups excluding carboxylic acids is 1. The molecule has 1 amide bonds. The highest BCUT2D eigenvalue weighted by Crippen LogP contribution is 2.20. The summed E-state index contributed by atoms with van der Waals surface area (Å²) >= 11 is 0. The molecule has 1 unspecified atom stereocenters. The van der Waals surface area contributed by atoms with Crippen LogP contribution >= 0.6 is 0 Å². The molecule has 0 spiro atoms. The number of fused-ring (bicyclic) bond motifs is 1. The van der Waals surface area contributed by atoms with E-state index < -0.39 is 35.1 Å². The molecule has 1 radical (unpaired) electrons. The van der Waals surface area contributed by atoms with Crippen molar-refractivity contribution in [3.63, 3.8) is 0 Å². The van der Waals surface area contributed by atoms with Gasteiger partial charge in [-0.15, -0.1) is 0 Å². The molecule has 1 aromatic carbocycles. The van der Waals surface area contributed by atoms with E-state index in [0.717, 1.165) is 12.1 Å². The molecule has 2 atom stereocenters. The summed E-state index contributed by atoms with van der Waals surface area (Å²) in [5.41, 5.74) is 0.705. The lowest BCUT2D eigenvalue weighted by Gasteiger charge is -2.20. The van der Waals surface area contributed by atoms with Gasteiger partial charge in [0.05, 0.1) is 18.5 Å². The van der Waals surface area contributed by atoms with Gasteiger partial charge < -0.3 is 15.6 Å². The SMILES string of the molecule is Cc1c(C(C)C(=O)N[C@@H](C)c2ccc(F)cc2F)c(=O)[nH]c2c1=C(C#N)N[CH]C=2.[HH].[HH]. The van der Waals surface area contributed by atoms with Crippen LogP contribution in [0.4, 0.5) is 8.78 Å². The molecule has 0 saturated heterocycles. The maximum absolute atomic E-state index is 14.0. The van der Waals surface area contributed by atoms with Crippen LogP contribution in [0.5, 0.6) is 0 Å². The zero-order valence-corrected chi connectivity index (χ0v) is 16.1. The molecule has 6 nitrogen and oxygen atoms in total. The Morgan fingerprint density at radius 2 is 2.03 bits per heavy atom. The first kappa shape index (κ1) is 20.3. The summed E-state index contributed by atoms with van der Waals surface area (Å²) in [5.74, 6) is -2.82. The topological polar surface area (TPSA) is 97.8 Å². The first-order chi connectivity index (χ1) is 13.7. The molecule has 2 aromatic rings. The molecule has 0 aliphatic carbocycles. The molecule has 0 saturated carbocycles. The van der Waals surface area contributed by atoms with Gasteiger partial charge in [-0.25, -0.2) is 8.78 Å². The second-order valence-electron chi connectivity index (χ2n) is 6.86. The highest BCUT2D eigenvalue weighted by Gasteiger charge is 2.25. The first-order valence-corrected chi connectivity index (χ1v) is 8.97. The van der Waals surface area contributed by atoms with Crippen LogP contribution in [0, 0.1) is 36.4 Å². The second-order valence-corrected chi connectivity index (χ2v) is 6.86. The molecule has 0 fully saturated rings. The van der Waals surface area contributed by atoms with Gasteiger partial charge >= 0.3 is 0 Å². The number of pyridine rings is 1. The fourth-order valence-corrected chi connectivity index (χ4v) is 3.50. The van der Waals surface area contributed by atoms with E-state index in [4.69, 9.17) is 0 Å². The average Bonchev–Trinajstić information content (AvgIpc) is 2.66. The summed E-state index contributed by atoms with van der Waals surface area (Å²) in [5, 5.41) is 15.8. The fourth-order valence-electron chi connectivity index (χ4n) is 3.50. The lowest BCUT2D eigenvalue weighted by molar-refractivity contribution is -0.122. The third kappa shape index (κ3) is 3.76. The number of carbonyl (C=O) groups is 1. The number of nitriles is 1. The number of amides is 1. The third-order valence-corrected chi connectivity index (χ3v) is 4.99. The van der Waals surface area contributed by atoms with Gasteiger partial charge in [0.15, 0.2) is 0 Å². The number of rotatable bonds is 4. The quantitative estimate of drug-likeness (QED) is 0.725. The Balaban J connectivity index is 0.00000240. The molecule has 8 heteroatoms. The highest BCUT2D eigenvalue weighted by molar-refractivity contribution is 5.84. The largest absolute Gasteiger partial charge is 0.367 e. The highest BCUT2D eigenvalue weighted by atomic mass is 19.1. The van der Waals surface area contributed by atoms with Crippen molar-refractivity contribution >= 4 is 17.7 Å². The standard InChI is InChI=1S/C21H19F2N4O2.2H2/c1-10-18(21(29)27-16-6-7-25-17(9-24)19(10)16)11(2)20(28)26-12(3)14-5-4-13(22)8-15(14)23;;/h4-8,11-12,25H,1-3H3,(H,26,28)(H,27,29);2*1H/t11?,12-;;/m0../s1. The van der Waals surface area contributed by atoms with Crippen LogP contribution in [-0.2, 0) is 4.79 Å². The molecular formula is C21H23F2N4O2. The smallest absolute Gasteiger partial charge is 0.252 e. The minimum atomic E-state index is -0.860. The Morgan fingerprint density at radius 1 is 1.31 bits per heavy atom. The van der Waals surface area contributed by atoms with Crippen molar-refractivity contribution in [1.29, 1.82) is 5.26 Å². The predicted molar refractivity (Wildman–Crippen MR) is 108 cm³/mol. The Kier molecular flexibility index (Phi) is 5.50. The number of H-pyrrole nitrogens is 1. The molecule has 3 rings (SSSR count). The zero-order chi connectivity index (χ0) is 21.3. The lowest BCUT2D eigenvalue weighted by Crippen LogP contribution is -2.46. The van der Waals surface area contributed by atoms with Gasteiger partial charge in [-0.3, -0.25) is 9.59 Å². The predicted octanol–water partition coefficient (Wildman–Crippen LogP) is 1.61. The number of hydrogen-bond acceptors (Lipinski definition) is 4. The maximum Gasteiger partial charge on any atom is 0.252 e. The monoisotopic (exact) mass is 401 g/mol. The number of aromatic nitrogens is 1. The molecule has 0 bridgehead atoms. The van der Waals surface area contributed by atoms with E-state index in [9.17, 15) is 23.6 Å². The van der Waals surface area contributed by atoms with Crippen molar-refractivity contribution in [3.05, 3.63) is 74.0 Å². The summed E-state index contributed by atoms with van der Waals surface area (Å²) < 4.78 is 27.1. The van der Waals surface area contributed by atoms with E-state index in [2.05, 4.69) is 15.6 Å². The van der Waals surface area contributed by atoms with E-state index in [1.165, 1.54) is 6.07 Å². The Bertz CT molecular complexity index is 1220. The number of nitrogens with one attached hydrogen (secondary N) is 3. The normalized spacial score (nSPS) is 14.7. The van der Waals surface area contributed by atoms with Crippen molar-refractivity contribution in [1.82, 2.24) is 15.6 Å². The first-order valence-electron chi connectivity index (χ1n) is 8.97. The molecule has 1 aliphatic rings. The molecule has 1 aromatic heterocycles. The van der Waals surface area contributed by atoms with Crippen LogP contribution in [0.2, 0.25) is 0 Å². The van der Waals surface area contributed by atoms with Gasteiger partial charge in [0, 0.05) is 30.6 Å². The summed E-state index contributed by atoms with van der Waals surface area (Å²) in [6.07, 6.45) is 1.64. The van der Waals surface area contributed by atoms with E-state index in [-0.39, 0.29) is 19.7 Å². The van der Waals surface area contributed by atoms with Crippen LogP contribution in [0.15, 0.2) is 23.0 Å². The van der Waals surface area contributed by atoms with E-state index >= 15 is 0 Å². The molecular weight excluding hydrogens is 378 g/mol. The van der Waals surface area contributed by atoms with E-state index in [1.807, 2.05) is 6.07 Å². The Morgan fingerprint density at radius 3 is 2.69 bits per heavy atom. The van der Waals surface area contributed by atoms with Gasteiger partial charge in [0.25, 0.3) is 5.56 Å². The van der Waals surface area contributed by atoms with Crippen LogP contribution in [-0.4, -0.2) is 10.9 Å². The molecule has 3 N–H and O–H groups in total. The van der Waals surface area contributed by atoms with Gasteiger partial charge in [0.1, 0.15) is 23.4 Å². The fraction of sp³-hybridized carbons (Fsp3) is 0.238. The van der Waals surface area contributed by atoms with Crippen LogP contribution < -0.4 is 26.8 Å². The molecule has 1 aliphatic heterocycles. The minimum absolute atomic E-state index is 0. The van der Waals surface area contributed by atoms with Crippen LogP contribution in [0.3, 0.4) is 0 Å². The summed E-state index contributed by atoms with van der Waals surface area (Å²) in [6, 6.07) is 4.44. The van der Waals surface area contributed by atoms with Crippen molar-refractivity contribution in [2.75, 3.05) is 0 Å². The Hall–Kier alpha value is -3.47. The summed E-state index contributed by atoms with van der Waals surface area (Å²) in [7, 11) is 0. The van der Waals surface area contributed by atoms with Crippen LogP contribution in [0.25, 0.3) is 11.8 Å². The number of benzene rings is 1. The third-order valence-electron chi connectivity index (χ3n) is 4.99. The van der Waals surface area contributed by atoms with Crippen molar-refractivity contribution < 1.29 is 16.4 Å². The lowest BCUT2D eigenvalue weighted by atomic mass is 9.94. The number of hydrogen-bond donors (Lipinski definition) is 3. The van der Waals surface area contributed by atoms with E-state index in [1.54, 1.807) is 33.4 Å². The van der Waals surface area contributed by atoms with Gasteiger partial charge in [-0.05, 0) is 38.5 Å². The van der Waals surface area contributed by atoms with E-state index in [0.29, 0.717) is 16.1 Å². The average molecular weight is 401 g/mol. The molecule has 2 heterocycles. The molecule has 29 heavy (non-hydrogen) atoms. The van der Waals surface area contributed by atoms with Gasteiger partial charge in [-0.2, -0.15) is 5.26 Å². The minimum Gasteiger partial charge on any atom is -0.367 e.